The Morgan fingerprint density at radius 1 is 1.65 bits per heavy atom. The van der Waals surface area contributed by atoms with Gasteiger partial charge < -0.3 is 10.4 Å². The van der Waals surface area contributed by atoms with Crippen LogP contribution in [0.3, 0.4) is 0 Å². The highest BCUT2D eigenvalue weighted by atomic mass is 35.5. The van der Waals surface area contributed by atoms with Gasteiger partial charge in [-0.05, 0) is 12.3 Å². The van der Waals surface area contributed by atoms with Crippen LogP contribution in [0.5, 0.6) is 0 Å². The average molecular weight is 302 g/mol. The molecule has 1 aromatic heterocycles. The highest BCUT2D eigenvalue weighted by molar-refractivity contribution is 6.32. The molecule has 0 bridgehead atoms. The Labute approximate surface area is 121 Å². The summed E-state index contributed by atoms with van der Waals surface area (Å²) in [4.78, 5) is 25.6. The maximum Gasteiger partial charge on any atom is 0.288 e. The standard InChI is InChI=1S/C12H16ClN3O4/c1-2-8(3-4-17)6-15-12(18)10-5-9(16(19)20)7-14-11(10)13/h5,7-8,17H,2-4,6H2,1H3,(H,15,18). The SMILES string of the molecule is CCC(CCO)CNC(=O)c1cc([N+](=O)[O-])cnc1Cl. The van der Waals surface area contributed by atoms with Crippen LogP contribution >= 0.6 is 11.6 Å². The number of nitro groups is 1. The zero-order valence-electron chi connectivity index (χ0n) is 11.0. The number of nitrogens with zero attached hydrogens (tertiary/aromatic N) is 2. The second-order valence-electron chi connectivity index (χ2n) is 4.29. The van der Waals surface area contributed by atoms with E-state index in [1.807, 2.05) is 6.92 Å². The van der Waals surface area contributed by atoms with Crippen molar-refractivity contribution in [1.82, 2.24) is 10.3 Å². The highest BCUT2D eigenvalue weighted by Gasteiger charge is 2.17. The van der Waals surface area contributed by atoms with E-state index < -0.39 is 10.8 Å². The molecule has 0 fully saturated rings. The summed E-state index contributed by atoms with van der Waals surface area (Å²) in [5.74, 6) is -0.364. The molecule has 0 radical (unpaired) electrons. The van der Waals surface area contributed by atoms with E-state index in [0.29, 0.717) is 13.0 Å². The van der Waals surface area contributed by atoms with Crippen LogP contribution in [0.4, 0.5) is 5.69 Å². The van der Waals surface area contributed by atoms with Gasteiger partial charge in [-0.3, -0.25) is 14.9 Å². The first kappa shape index (κ1) is 16.3. The number of hydrogen-bond acceptors (Lipinski definition) is 5. The summed E-state index contributed by atoms with van der Waals surface area (Å²) in [5.41, 5.74) is -0.318. The molecule has 0 aliphatic carbocycles. The van der Waals surface area contributed by atoms with Crippen LogP contribution < -0.4 is 5.32 Å². The average Bonchev–Trinajstić information content (AvgIpc) is 2.43. The number of aliphatic hydroxyl groups excluding tert-OH is 1. The van der Waals surface area contributed by atoms with Gasteiger partial charge in [-0.2, -0.15) is 0 Å². The van der Waals surface area contributed by atoms with Crippen molar-refractivity contribution in [2.24, 2.45) is 5.92 Å². The lowest BCUT2D eigenvalue weighted by Gasteiger charge is -2.14. The van der Waals surface area contributed by atoms with E-state index in [1.165, 1.54) is 0 Å². The number of rotatable bonds is 7. The maximum atomic E-state index is 11.9. The van der Waals surface area contributed by atoms with Crippen molar-refractivity contribution >= 4 is 23.2 Å². The van der Waals surface area contributed by atoms with E-state index in [4.69, 9.17) is 16.7 Å². The third-order valence-corrected chi connectivity index (χ3v) is 3.25. The summed E-state index contributed by atoms with van der Waals surface area (Å²) in [6, 6.07) is 1.09. The first-order valence-corrected chi connectivity index (χ1v) is 6.56. The van der Waals surface area contributed by atoms with Gasteiger partial charge in [-0.15, -0.1) is 0 Å². The van der Waals surface area contributed by atoms with E-state index in [-0.39, 0.29) is 28.9 Å². The van der Waals surface area contributed by atoms with Crippen molar-refractivity contribution in [3.63, 3.8) is 0 Å². The van der Waals surface area contributed by atoms with Crippen LogP contribution in [0.25, 0.3) is 0 Å². The highest BCUT2D eigenvalue weighted by Crippen LogP contribution is 2.19. The molecule has 0 saturated carbocycles. The number of nitrogens with one attached hydrogen (secondary N) is 1. The normalized spacial score (nSPS) is 11.9. The van der Waals surface area contributed by atoms with Gasteiger partial charge in [0.1, 0.15) is 11.3 Å². The van der Waals surface area contributed by atoms with Gasteiger partial charge in [0, 0.05) is 19.2 Å². The topological polar surface area (TPSA) is 105 Å². The molecule has 1 aromatic rings. The predicted octanol–water partition coefficient (Wildman–Crippen LogP) is 1.78. The number of aromatic nitrogens is 1. The molecular weight excluding hydrogens is 286 g/mol. The Kier molecular flexibility index (Phi) is 6.33. The molecule has 0 spiro atoms. The van der Waals surface area contributed by atoms with E-state index in [0.717, 1.165) is 18.7 Å². The minimum Gasteiger partial charge on any atom is -0.396 e. The first-order valence-electron chi connectivity index (χ1n) is 6.18. The zero-order valence-corrected chi connectivity index (χ0v) is 11.8. The van der Waals surface area contributed by atoms with E-state index in [1.54, 1.807) is 0 Å². The lowest BCUT2D eigenvalue weighted by atomic mass is 10.0. The molecule has 0 aliphatic heterocycles. The van der Waals surface area contributed by atoms with Crippen LogP contribution in [0, 0.1) is 16.0 Å². The fourth-order valence-corrected chi connectivity index (χ4v) is 1.85. The van der Waals surface area contributed by atoms with Crippen LogP contribution in [-0.2, 0) is 0 Å². The van der Waals surface area contributed by atoms with Crippen molar-refractivity contribution in [2.45, 2.75) is 19.8 Å². The minimum atomic E-state index is -0.638. The number of pyridine rings is 1. The Morgan fingerprint density at radius 3 is 2.90 bits per heavy atom. The molecule has 110 valence electrons. The molecule has 1 atom stereocenters. The van der Waals surface area contributed by atoms with Gasteiger partial charge in [0.25, 0.3) is 11.6 Å². The molecule has 1 unspecified atom stereocenters. The Morgan fingerprint density at radius 2 is 2.35 bits per heavy atom. The summed E-state index contributed by atoms with van der Waals surface area (Å²) in [6.45, 7) is 2.37. The van der Waals surface area contributed by atoms with Gasteiger partial charge in [0.15, 0.2) is 0 Å². The molecule has 2 N–H and O–H groups in total. The summed E-state index contributed by atoms with van der Waals surface area (Å²) in [6.07, 6.45) is 2.39. The molecule has 0 aromatic carbocycles. The van der Waals surface area contributed by atoms with Crippen molar-refractivity contribution in [3.8, 4) is 0 Å². The van der Waals surface area contributed by atoms with Crippen molar-refractivity contribution < 1.29 is 14.8 Å². The van der Waals surface area contributed by atoms with Gasteiger partial charge >= 0.3 is 0 Å². The molecule has 20 heavy (non-hydrogen) atoms. The van der Waals surface area contributed by atoms with Gasteiger partial charge in [-0.25, -0.2) is 4.98 Å². The summed E-state index contributed by atoms with van der Waals surface area (Å²) >= 11 is 5.77. The number of carbonyl (C=O) groups excluding carboxylic acids is 1. The molecular formula is C12H16ClN3O4. The van der Waals surface area contributed by atoms with Gasteiger partial charge in [0.2, 0.25) is 0 Å². The summed E-state index contributed by atoms with van der Waals surface area (Å²) in [5, 5.41) is 22.1. The van der Waals surface area contributed by atoms with Crippen molar-refractivity contribution in [3.05, 3.63) is 33.1 Å². The largest absolute Gasteiger partial charge is 0.396 e. The maximum absolute atomic E-state index is 11.9. The van der Waals surface area contributed by atoms with Crippen molar-refractivity contribution in [2.75, 3.05) is 13.2 Å². The summed E-state index contributed by atoms with van der Waals surface area (Å²) in [7, 11) is 0. The fraction of sp³-hybridized carbons (Fsp3) is 0.500. The Hall–Kier alpha value is -1.73. The van der Waals surface area contributed by atoms with Gasteiger partial charge in [-0.1, -0.05) is 24.9 Å². The summed E-state index contributed by atoms with van der Waals surface area (Å²) < 4.78 is 0. The zero-order chi connectivity index (χ0) is 15.1. The number of halogens is 1. The van der Waals surface area contributed by atoms with Crippen LogP contribution in [0.2, 0.25) is 5.15 Å². The molecule has 0 saturated heterocycles. The number of carbonyl (C=O) groups is 1. The smallest absolute Gasteiger partial charge is 0.288 e. The van der Waals surface area contributed by atoms with E-state index >= 15 is 0 Å². The second kappa shape index (κ2) is 7.76. The Balaban J connectivity index is 2.76. The predicted molar refractivity (Wildman–Crippen MR) is 73.7 cm³/mol. The molecule has 1 amide bonds. The first-order chi connectivity index (χ1) is 9.49. The lowest BCUT2D eigenvalue weighted by molar-refractivity contribution is -0.385. The quantitative estimate of drug-likeness (QED) is 0.454. The third kappa shape index (κ3) is 4.43. The number of aliphatic hydroxyl groups is 1. The monoisotopic (exact) mass is 301 g/mol. The molecule has 1 rings (SSSR count). The Bertz CT molecular complexity index is 496. The number of amides is 1. The second-order valence-corrected chi connectivity index (χ2v) is 4.64. The molecule has 1 heterocycles. The molecule has 8 heteroatoms. The van der Waals surface area contributed by atoms with Gasteiger partial charge in [0.05, 0.1) is 10.5 Å². The van der Waals surface area contributed by atoms with Crippen molar-refractivity contribution in [1.29, 1.82) is 0 Å². The third-order valence-electron chi connectivity index (χ3n) is 2.95. The van der Waals surface area contributed by atoms with E-state index in [9.17, 15) is 14.9 Å². The van der Waals surface area contributed by atoms with Crippen LogP contribution in [-0.4, -0.2) is 34.1 Å². The molecule has 0 aliphatic rings. The van der Waals surface area contributed by atoms with Crippen LogP contribution in [0.1, 0.15) is 30.1 Å². The fourth-order valence-electron chi connectivity index (χ4n) is 1.66. The van der Waals surface area contributed by atoms with E-state index in [2.05, 4.69) is 10.3 Å². The number of hydrogen-bond donors (Lipinski definition) is 2. The molecule has 7 nitrogen and oxygen atoms in total. The minimum absolute atomic E-state index is 0.0280. The lowest BCUT2D eigenvalue weighted by Crippen LogP contribution is -2.30. The van der Waals surface area contributed by atoms with Crippen LogP contribution in [0.15, 0.2) is 12.3 Å².